The summed E-state index contributed by atoms with van der Waals surface area (Å²) in [4.78, 5) is 12.2. The van der Waals surface area contributed by atoms with Crippen LogP contribution in [0.3, 0.4) is 0 Å². The lowest BCUT2D eigenvalue weighted by Crippen LogP contribution is -2.16. The second-order valence-electron chi connectivity index (χ2n) is 5.89. The average Bonchev–Trinajstić information content (AvgIpc) is 2.33. The monoisotopic (exact) mass is 264 g/mol. The van der Waals surface area contributed by atoms with E-state index < -0.39 is 0 Å². The minimum atomic E-state index is -0.0800. The summed E-state index contributed by atoms with van der Waals surface area (Å²) in [5, 5.41) is 8.84. The SMILES string of the molecule is COc1c(C(=O)CCCO)cc(C)cc1C(C)(C)C. The van der Waals surface area contributed by atoms with Crippen molar-refractivity contribution in [3.63, 3.8) is 0 Å². The van der Waals surface area contributed by atoms with E-state index >= 15 is 0 Å². The van der Waals surface area contributed by atoms with Crippen molar-refractivity contribution in [2.24, 2.45) is 0 Å². The van der Waals surface area contributed by atoms with Gasteiger partial charge >= 0.3 is 0 Å². The Morgan fingerprint density at radius 1 is 1.32 bits per heavy atom. The maximum absolute atomic E-state index is 12.2. The van der Waals surface area contributed by atoms with Crippen molar-refractivity contribution in [3.8, 4) is 5.75 Å². The zero-order chi connectivity index (χ0) is 14.6. The van der Waals surface area contributed by atoms with Gasteiger partial charge in [-0.3, -0.25) is 4.79 Å². The lowest BCUT2D eigenvalue weighted by atomic mass is 9.83. The largest absolute Gasteiger partial charge is 0.496 e. The number of aliphatic hydroxyl groups excluding tert-OH is 1. The molecule has 1 aromatic rings. The summed E-state index contributed by atoms with van der Waals surface area (Å²) in [5.74, 6) is 0.695. The van der Waals surface area contributed by atoms with Crippen molar-refractivity contribution in [1.29, 1.82) is 0 Å². The van der Waals surface area contributed by atoms with Gasteiger partial charge in [0.05, 0.1) is 12.7 Å². The van der Waals surface area contributed by atoms with Gasteiger partial charge in [-0.05, 0) is 30.4 Å². The molecular weight excluding hydrogens is 240 g/mol. The van der Waals surface area contributed by atoms with Gasteiger partial charge in [0.2, 0.25) is 0 Å². The molecule has 3 nitrogen and oxygen atoms in total. The van der Waals surface area contributed by atoms with Gasteiger partial charge in [0.25, 0.3) is 0 Å². The van der Waals surface area contributed by atoms with Crippen LogP contribution in [0.4, 0.5) is 0 Å². The number of carbonyl (C=O) groups is 1. The van der Waals surface area contributed by atoms with E-state index in [1.807, 2.05) is 13.0 Å². The maximum atomic E-state index is 12.2. The van der Waals surface area contributed by atoms with Crippen molar-refractivity contribution in [3.05, 3.63) is 28.8 Å². The molecule has 0 aliphatic rings. The Balaban J connectivity index is 3.31. The Kier molecular flexibility index (Phi) is 5.12. The lowest BCUT2D eigenvalue weighted by Gasteiger charge is -2.24. The molecule has 0 bridgehead atoms. The van der Waals surface area contributed by atoms with Crippen LogP contribution in [-0.2, 0) is 5.41 Å². The summed E-state index contributed by atoms with van der Waals surface area (Å²) in [6.45, 7) is 8.33. The maximum Gasteiger partial charge on any atom is 0.166 e. The minimum Gasteiger partial charge on any atom is -0.496 e. The Morgan fingerprint density at radius 2 is 1.95 bits per heavy atom. The molecule has 0 heterocycles. The molecule has 0 amide bonds. The smallest absolute Gasteiger partial charge is 0.166 e. The van der Waals surface area contributed by atoms with Gasteiger partial charge in [0.1, 0.15) is 5.75 Å². The topological polar surface area (TPSA) is 46.5 Å². The number of ketones is 1. The average molecular weight is 264 g/mol. The molecule has 3 heteroatoms. The van der Waals surface area contributed by atoms with E-state index in [1.54, 1.807) is 7.11 Å². The van der Waals surface area contributed by atoms with Gasteiger partial charge in [-0.15, -0.1) is 0 Å². The number of hydrogen-bond acceptors (Lipinski definition) is 3. The number of rotatable bonds is 5. The Morgan fingerprint density at radius 3 is 2.42 bits per heavy atom. The zero-order valence-electron chi connectivity index (χ0n) is 12.5. The fourth-order valence-electron chi connectivity index (χ4n) is 2.13. The summed E-state index contributed by atoms with van der Waals surface area (Å²) < 4.78 is 5.48. The highest BCUT2D eigenvalue weighted by atomic mass is 16.5. The number of aryl methyl sites for hydroxylation is 1. The van der Waals surface area contributed by atoms with Crippen LogP contribution < -0.4 is 4.74 Å². The highest BCUT2D eigenvalue weighted by molar-refractivity contribution is 5.99. The van der Waals surface area contributed by atoms with Gasteiger partial charge in [-0.1, -0.05) is 26.8 Å². The molecule has 1 N–H and O–H groups in total. The molecule has 106 valence electrons. The number of aliphatic hydroxyl groups is 1. The number of hydrogen-bond donors (Lipinski definition) is 1. The van der Waals surface area contributed by atoms with Gasteiger partial charge in [0.15, 0.2) is 5.78 Å². The van der Waals surface area contributed by atoms with Crippen molar-refractivity contribution in [2.75, 3.05) is 13.7 Å². The van der Waals surface area contributed by atoms with E-state index in [0.717, 1.165) is 11.1 Å². The third kappa shape index (κ3) is 3.80. The summed E-state index contributed by atoms with van der Waals surface area (Å²) in [5.41, 5.74) is 2.64. The second-order valence-corrected chi connectivity index (χ2v) is 5.89. The zero-order valence-corrected chi connectivity index (χ0v) is 12.5. The molecule has 19 heavy (non-hydrogen) atoms. The molecule has 0 radical (unpaired) electrons. The summed E-state index contributed by atoms with van der Waals surface area (Å²) in [6, 6.07) is 3.94. The summed E-state index contributed by atoms with van der Waals surface area (Å²) in [6.07, 6.45) is 0.834. The number of carbonyl (C=O) groups excluding carboxylic acids is 1. The van der Waals surface area contributed by atoms with E-state index in [0.29, 0.717) is 24.2 Å². The number of benzene rings is 1. The van der Waals surface area contributed by atoms with E-state index in [2.05, 4.69) is 26.8 Å². The third-order valence-electron chi connectivity index (χ3n) is 3.11. The standard InChI is InChI=1S/C16H24O3/c1-11-9-12(14(18)7-6-8-17)15(19-5)13(10-11)16(2,3)4/h9-10,17H,6-8H2,1-5H3. The molecule has 0 aliphatic carbocycles. The van der Waals surface area contributed by atoms with Crippen molar-refractivity contribution >= 4 is 5.78 Å². The molecule has 0 unspecified atom stereocenters. The minimum absolute atomic E-state index is 0.0279. The van der Waals surface area contributed by atoms with E-state index in [9.17, 15) is 4.79 Å². The van der Waals surface area contributed by atoms with Crippen molar-refractivity contribution in [2.45, 2.75) is 46.0 Å². The molecule has 1 rings (SSSR count). The van der Waals surface area contributed by atoms with Crippen LogP contribution in [0.15, 0.2) is 12.1 Å². The van der Waals surface area contributed by atoms with Gasteiger partial charge < -0.3 is 9.84 Å². The van der Waals surface area contributed by atoms with Crippen LogP contribution in [-0.4, -0.2) is 24.6 Å². The molecule has 0 saturated heterocycles. The van der Waals surface area contributed by atoms with E-state index in [4.69, 9.17) is 9.84 Å². The first kappa shape index (κ1) is 15.7. The van der Waals surface area contributed by atoms with Gasteiger partial charge in [0, 0.05) is 18.6 Å². The molecular formula is C16H24O3. The predicted molar refractivity (Wildman–Crippen MR) is 77.1 cm³/mol. The first-order valence-electron chi connectivity index (χ1n) is 6.64. The molecule has 0 saturated carbocycles. The first-order chi connectivity index (χ1) is 8.81. The molecule has 0 spiro atoms. The fraction of sp³-hybridized carbons (Fsp3) is 0.562. The summed E-state index contributed by atoms with van der Waals surface area (Å²) >= 11 is 0. The van der Waals surface area contributed by atoms with Crippen molar-refractivity contribution < 1.29 is 14.6 Å². The highest BCUT2D eigenvalue weighted by Crippen LogP contribution is 2.35. The molecule has 1 aromatic carbocycles. The van der Waals surface area contributed by atoms with Crippen LogP contribution in [0.25, 0.3) is 0 Å². The molecule has 0 fully saturated rings. The Hall–Kier alpha value is -1.35. The quantitative estimate of drug-likeness (QED) is 0.830. The number of methoxy groups -OCH3 is 1. The summed E-state index contributed by atoms with van der Waals surface area (Å²) in [7, 11) is 1.60. The highest BCUT2D eigenvalue weighted by Gasteiger charge is 2.24. The number of ether oxygens (including phenoxy) is 1. The lowest BCUT2D eigenvalue weighted by molar-refractivity contribution is 0.0968. The van der Waals surface area contributed by atoms with Crippen LogP contribution >= 0.6 is 0 Å². The second kappa shape index (κ2) is 6.20. The Labute approximate surface area is 115 Å². The normalized spacial score (nSPS) is 11.5. The number of Topliss-reactive ketones (excluding diaryl/α,β-unsaturated/α-hetero) is 1. The Bertz CT molecular complexity index is 456. The van der Waals surface area contributed by atoms with Gasteiger partial charge in [-0.2, -0.15) is 0 Å². The van der Waals surface area contributed by atoms with Crippen LogP contribution in [0.2, 0.25) is 0 Å². The predicted octanol–water partition coefficient (Wildman–Crippen LogP) is 3.26. The van der Waals surface area contributed by atoms with Crippen LogP contribution in [0.1, 0.15) is 55.1 Å². The molecule has 0 aliphatic heterocycles. The van der Waals surface area contributed by atoms with Crippen molar-refractivity contribution in [1.82, 2.24) is 0 Å². The first-order valence-corrected chi connectivity index (χ1v) is 6.64. The van der Waals surface area contributed by atoms with E-state index in [-0.39, 0.29) is 17.8 Å². The van der Waals surface area contributed by atoms with Gasteiger partial charge in [-0.25, -0.2) is 0 Å². The van der Waals surface area contributed by atoms with Crippen LogP contribution in [0.5, 0.6) is 5.75 Å². The van der Waals surface area contributed by atoms with Crippen LogP contribution in [0, 0.1) is 6.92 Å². The van der Waals surface area contributed by atoms with E-state index in [1.165, 1.54) is 0 Å². The fourth-order valence-corrected chi connectivity index (χ4v) is 2.13. The molecule has 0 aromatic heterocycles. The molecule has 0 atom stereocenters. The third-order valence-corrected chi connectivity index (χ3v) is 3.11.